The number of carbonyl (C=O) groups excluding carboxylic acids is 2. The number of ether oxygens (including phenoxy) is 2. The van der Waals surface area contributed by atoms with Crippen molar-refractivity contribution in [3.63, 3.8) is 0 Å². The van der Waals surface area contributed by atoms with Gasteiger partial charge in [0, 0.05) is 12.8 Å². The van der Waals surface area contributed by atoms with Crippen LogP contribution in [0.3, 0.4) is 0 Å². The molecule has 0 heterocycles. The van der Waals surface area contributed by atoms with Crippen molar-refractivity contribution in [2.24, 2.45) is 0 Å². The number of phosphoric ester groups is 1. The van der Waals surface area contributed by atoms with Gasteiger partial charge in [0.05, 0.1) is 6.61 Å². The summed E-state index contributed by atoms with van der Waals surface area (Å²) in [6.45, 7) is 3.40. The van der Waals surface area contributed by atoms with Crippen LogP contribution in [0.2, 0.25) is 0 Å². The monoisotopic (exact) mass is 596 g/mol. The molecule has 9 heteroatoms. The minimum atomic E-state index is -4.75. The molecule has 2 N–H and O–H groups in total. The molecule has 0 aromatic carbocycles. The van der Waals surface area contributed by atoms with Gasteiger partial charge >= 0.3 is 19.8 Å². The molecule has 0 spiro atoms. The maximum atomic E-state index is 12.2. The molecule has 41 heavy (non-hydrogen) atoms. The Morgan fingerprint density at radius 1 is 0.659 bits per heavy atom. The quantitative estimate of drug-likeness (QED) is 0.0444. The topological polar surface area (TPSA) is 119 Å². The minimum Gasteiger partial charge on any atom is -0.462 e. The number of phosphoric acid groups is 1. The molecule has 0 bridgehead atoms. The summed E-state index contributed by atoms with van der Waals surface area (Å²) in [6.07, 6.45) is 32.7. The Balaban J connectivity index is 4.17. The van der Waals surface area contributed by atoms with Gasteiger partial charge in [0.2, 0.25) is 0 Å². The number of allylic oxidation sites excluding steroid dienone is 10. The van der Waals surface area contributed by atoms with Crippen molar-refractivity contribution >= 4 is 19.8 Å². The second-order valence-corrected chi connectivity index (χ2v) is 10.9. The molecule has 0 aliphatic rings. The standard InChI is InChI=1S/C32H53O8P/c1-3-5-7-9-11-12-13-14-15-16-17-18-19-20-21-23-25-27-32(34)40-30(29-39-41(35,36)37)28-38-31(33)26-24-22-10-8-6-4-2/h5,7,11-12,14-15,17-18,20-21,30H,3-4,6,8-10,13,16,19,22-29H2,1-2H3,(H2,35,36,37)/b7-5-,12-11-,15-14-,18-17-,21-20-. The molecule has 8 nitrogen and oxygen atoms in total. The number of rotatable bonds is 26. The zero-order valence-corrected chi connectivity index (χ0v) is 26.1. The molecule has 0 fully saturated rings. The molecule has 0 aliphatic carbocycles. The number of hydrogen-bond donors (Lipinski definition) is 2. The van der Waals surface area contributed by atoms with Crippen molar-refractivity contribution in [3.8, 4) is 0 Å². The minimum absolute atomic E-state index is 0.131. The molecule has 0 saturated heterocycles. The van der Waals surface area contributed by atoms with Crippen molar-refractivity contribution in [3.05, 3.63) is 60.8 Å². The predicted octanol–water partition coefficient (Wildman–Crippen LogP) is 8.22. The first-order chi connectivity index (χ1) is 19.8. The lowest BCUT2D eigenvalue weighted by molar-refractivity contribution is -0.161. The molecule has 234 valence electrons. The van der Waals surface area contributed by atoms with Gasteiger partial charge < -0.3 is 19.3 Å². The highest BCUT2D eigenvalue weighted by atomic mass is 31.2. The van der Waals surface area contributed by atoms with Gasteiger partial charge in [-0.25, -0.2) is 4.57 Å². The van der Waals surface area contributed by atoms with E-state index in [0.29, 0.717) is 19.3 Å². The van der Waals surface area contributed by atoms with Crippen LogP contribution < -0.4 is 0 Å². The summed E-state index contributed by atoms with van der Waals surface area (Å²) in [7, 11) is -4.75. The number of carbonyl (C=O) groups is 2. The molecule has 0 aromatic rings. The van der Waals surface area contributed by atoms with Crippen LogP contribution in [0.4, 0.5) is 0 Å². The first kappa shape index (κ1) is 38.8. The molecule has 0 aromatic heterocycles. The Kier molecular flexibility index (Phi) is 26.4. The van der Waals surface area contributed by atoms with Crippen LogP contribution in [0.5, 0.6) is 0 Å². The zero-order chi connectivity index (χ0) is 30.4. The average molecular weight is 597 g/mol. The summed E-state index contributed by atoms with van der Waals surface area (Å²) in [6, 6.07) is 0. The summed E-state index contributed by atoms with van der Waals surface area (Å²) in [4.78, 5) is 42.2. The van der Waals surface area contributed by atoms with Crippen LogP contribution in [0.1, 0.15) is 110 Å². The van der Waals surface area contributed by atoms with Crippen molar-refractivity contribution < 1.29 is 37.9 Å². The molecule has 0 aliphatic heterocycles. The number of esters is 2. The summed E-state index contributed by atoms with van der Waals surface area (Å²) >= 11 is 0. The summed E-state index contributed by atoms with van der Waals surface area (Å²) in [5.41, 5.74) is 0. The SMILES string of the molecule is CC/C=C\C/C=C\C/C=C\C/C=C\C/C=C\CCCC(=O)OC(COC(=O)CCCCCCCC)COP(=O)(O)O. The number of hydrogen-bond acceptors (Lipinski definition) is 6. The van der Waals surface area contributed by atoms with Gasteiger partial charge in [-0.3, -0.25) is 14.1 Å². The largest absolute Gasteiger partial charge is 0.469 e. The lowest BCUT2D eigenvalue weighted by Gasteiger charge is -2.18. The summed E-state index contributed by atoms with van der Waals surface area (Å²) < 4.78 is 26.0. The van der Waals surface area contributed by atoms with E-state index in [9.17, 15) is 14.2 Å². The normalized spacial score (nSPS) is 13.4. The van der Waals surface area contributed by atoms with Crippen LogP contribution in [0.15, 0.2) is 60.8 Å². The Hall–Kier alpha value is -2.25. The highest BCUT2D eigenvalue weighted by Crippen LogP contribution is 2.35. The third-order valence-electron chi connectivity index (χ3n) is 5.80. The highest BCUT2D eigenvalue weighted by Gasteiger charge is 2.22. The molecule has 0 amide bonds. The van der Waals surface area contributed by atoms with Gasteiger partial charge in [-0.05, 0) is 51.4 Å². The van der Waals surface area contributed by atoms with Crippen molar-refractivity contribution in [2.75, 3.05) is 13.2 Å². The van der Waals surface area contributed by atoms with E-state index in [1.807, 2.05) is 12.2 Å². The van der Waals surface area contributed by atoms with E-state index in [0.717, 1.165) is 57.8 Å². The van der Waals surface area contributed by atoms with Gasteiger partial charge in [-0.1, -0.05) is 107 Å². The Morgan fingerprint density at radius 3 is 1.73 bits per heavy atom. The van der Waals surface area contributed by atoms with E-state index >= 15 is 0 Å². The molecule has 1 unspecified atom stereocenters. The lowest BCUT2D eigenvalue weighted by Crippen LogP contribution is -2.29. The van der Waals surface area contributed by atoms with E-state index in [1.165, 1.54) is 6.42 Å². The van der Waals surface area contributed by atoms with Crippen LogP contribution in [0.25, 0.3) is 0 Å². The van der Waals surface area contributed by atoms with Crippen molar-refractivity contribution in [2.45, 2.75) is 116 Å². The van der Waals surface area contributed by atoms with E-state index in [1.54, 1.807) is 0 Å². The van der Waals surface area contributed by atoms with Crippen LogP contribution in [-0.2, 0) is 28.2 Å². The smallest absolute Gasteiger partial charge is 0.462 e. The predicted molar refractivity (Wildman–Crippen MR) is 165 cm³/mol. The van der Waals surface area contributed by atoms with Gasteiger partial charge in [0.15, 0.2) is 6.10 Å². The van der Waals surface area contributed by atoms with Crippen molar-refractivity contribution in [1.82, 2.24) is 0 Å². The van der Waals surface area contributed by atoms with Gasteiger partial charge in [-0.2, -0.15) is 0 Å². The zero-order valence-electron chi connectivity index (χ0n) is 25.2. The van der Waals surface area contributed by atoms with E-state index in [4.69, 9.17) is 19.3 Å². The fourth-order valence-corrected chi connectivity index (χ4v) is 3.94. The molecular formula is C32H53O8P. The van der Waals surface area contributed by atoms with Crippen molar-refractivity contribution in [1.29, 1.82) is 0 Å². The van der Waals surface area contributed by atoms with Gasteiger partial charge in [0.25, 0.3) is 0 Å². The fourth-order valence-electron chi connectivity index (χ4n) is 3.58. The third-order valence-corrected chi connectivity index (χ3v) is 6.29. The average Bonchev–Trinajstić information content (AvgIpc) is 2.93. The van der Waals surface area contributed by atoms with Crippen LogP contribution >= 0.6 is 7.82 Å². The van der Waals surface area contributed by atoms with Gasteiger partial charge in [-0.15, -0.1) is 0 Å². The Bertz CT molecular complexity index is 854. The van der Waals surface area contributed by atoms with E-state index in [-0.39, 0.29) is 19.4 Å². The van der Waals surface area contributed by atoms with E-state index < -0.39 is 32.5 Å². The second kappa shape index (κ2) is 27.9. The molecule has 1 atom stereocenters. The third kappa shape index (κ3) is 30.5. The fraction of sp³-hybridized carbons (Fsp3) is 0.625. The molecule has 0 rings (SSSR count). The summed E-state index contributed by atoms with van der Waals surface area (Å²) in [5, 5.41) is 0. The first-order valence-corrected chi connectivity index (χ1v) is 16.6. The maximum Gasteiger partial charge on any atom is 0.469 e. The molecular weight excluding hydrogens is 543 g/mol. The Labute approximate surface area is 247 Å². The van der Waals surface area contributed by atoms with Crippen LogP contribution in [0, 0.1) is 0 Å². The molecule has 0 radical (unpaired) electrons. The maximum absolute atomic E-state index is 12.2. The van der Waals surface area contributed by atoms with Gasteiger partial charge in [0.1, 0.15) is 6.61 Å². The van der Waals surface area contributed by atoms with Crippen LogP contribution in [-0.4, -0.2) is 41.0 Å². The molecule has 0 saturated carbocycles. The lowest BCUT2D eigenvalue weighted by atomic mass is 10.1. The number of unbranched alkanes of at least 4 members (excludes halogenated alkanes) is 6. The highest BCUT2D eigenvalue weighted by molar-refractivity contribution is 7.46. The van der Waals surface area contributed by atoms with E-state index in [2.05, 4.69) is 67.0 Å². The Morgan fingerprint density at radius 2 is 1.17 bits per heavy atom. The second-order valence-electron chi connectivity index (χ2n) is 9.70. The first-order valence-electron chi connectivity index (χ1n) is 15.1. The summed E-state index contributed by atoms with van der Waals surface area (Å²) in [5.74, 6) is -0.972.